The first-order valence-electron chi connectivity index (χ1n) is 13.7. The molecular weight excluding hydrogens is 516 g/mol. The van der Waals surface area contributed by atoms with Gasteiger partial charge in [0.15, 0.2) is 0 Å². The number of esters is 1. The van der Waals surface area contributed by atoms with Crippen molar-refractivity contribution in [2.45, 2.75) is 51.4 Å². The predicted octanol–water partition coefficient (Wildman–Crippen LogP) is 6.45. The molecule has 0 radical (unpaired) electrons. The number of carbonyl (C=O) groups excluding carboxylic acids is 2. The molecule has 5 rings (SSSR count). The van der Waals surface area contributed by atoms with E-state index in [1.807, 2.05) is 66.7 Å². The number of pyridine rings is 1. The van der Waals surface area contributed by atoms with E-state index >= 15 is 0 Å². The molecule has 7 nitrogen and oxygen atoms in total. The maximum Gasteiger partial charge on any atom is 0.407 e. The lowest BCUT2D eigenvalue weighted by Gasteiger charge is -2.25. The highest BCUT2D eigenvalue weighted by atomic mass is 16.6. The molecule has 0 saturated heterocycles. The Balaban J connectivity index is 1.23. The second-order valence-electron chi connectivity index (χ2n) is 11.0. The second kappa shape index (κ2) is 12.3. The zero-order valence-electron chi connectivity index (χ0n) is 23.5. The van der Waals surface area contributed by atoms with E-state index in [1.165, 1.54) is 0 Å². The molecule has 0 fully saturated rings. The molecule has 0 saturated carbocycles. The van der Waals surface area contributed by atoms with Gasteiger partial charge in [0.1, 0.15) is 30.6 Å². The van der Waals surface area contributed by atoms with Crippen molar-refractivity contribution in [2.75, 3.05) is 6.61 Å². The summed E-state index contributed by atoms with van der Waals surface area (Å²) in [6, 6.07) is 28.4. The minimum Gasteiger partial charge on any atom is -0.487 e. The predicted molar refractivity (Wildman–Crippen MR) is 157 cm³/mol. The van der Waals surface area contributed by atoms with Gasteiger partial charge in [0.2, 0.25) is 0 Å². The molecule has 0 unspecified atom stereocenters. The van der Waals surface area contributed by atoms with Gasteiger partial charge >= 0.3 is 12.1 Å². The zero-order valence-corrected chi connectivity index (χ0v) is 23.5. The van der Waals surface area contributed by atoms with Crippen LogP contribution in [0.2, 0.25) is 0 Å². The summed E-state index contributed by atoms with van der Waals surface area (Å²) in [6.07, 6.45) is 1.29. The number of alkyl carbamates (subject to hydrolysis) is 1. The highest BCUT2D eigenvalue weighted by molar-refractivity contribution is 5.82. The normalized spacial score (nSPS) is 13.0. The molecule has 1 aromatic heterocycles. The van der Waals surface area contributed by atoms with E-state index < -0.39 is 23.7 Å². The van der Waals surface area contributed by atoms with E-state index in [0.29, 0.717) is 12.4 Å². The molecule has 0 spiro atoms. The van der Waals surface area contributed by atoms with Crippen LogP contribution in [0.4, 0.5) is 4.79 Å². The number of carbonyl (C=O) groups is 2. The summed E-state index contributed by atoms with van der Waals surface area (Å²) in [6.45, 7) is 5.89. The third kappa shape index (κ3) is 7.11. The molecular formula is C34H34N2O5. The Labute approximate surface area is 240 Å². The van der Waals surface area contributed by atoms with Gasteiger partial charge in [-0.15, -0.1) is 0 Å². The molecule has 4 aromatic rings. The highest BCUT2D eigenvalue weighted by Gasteiger charge is 2.31. The van der Waals surface area contributed by atoms with Gasteiger partial charge in [-0.1, -0.05) is 66.7 Å². The molecule has 1 aliphatic carbocycles. The van der Waals surface area contributed by atoms with E-state index in [-0.39, 0.29) is 18.9 Å². The Hall–Kier alpha value is -4.65. The fraction of sp³-hybridized carbons (Fsp3) is 0.265. The van der Waals surface area contributed by atoms with E-state index in [2.05, 4.69) is 34.6 Å². The summed E-state index contributed by atoms with van der Waals surface area (Å²) in [4.78, 5) is 30.4. The lowest BCUT2D eigenvalue weighted by atomic mass is 9.98. The fourth-order valence-electron chi connectivity index (χ4n) is 4.95. The Morgan fingerprint density at radius 2 is 1.49 bits per heavy atom. The first-order valence-corrected chi connectivity index (χ1v) is 13.7. The lowest BCUT2D eigenvalue weighted by Crippen LogP contribution is -2.46. The molecule has 1 heterocycles. The van der Waals surface area contributed by atoms with Gasteiger partial charge in [-0.3, -0.25) is 4.98 Å². The lowest BCUT2D eigenvalue weighted by molar-refractivity contribution is -0.157. The summed E-state index contributed by atoms with van der Waals surface area (Å²) in [5.74, 6) is 0.0750. The molecule has 3 aromatic carbocycles. The topological polar surface area (TPSA) is 86.8 Å². The van der Waals surface area contributed by atoms with Crippen molar-refractivity contribution in [3.63, 3.8) is 0 Å². The smallest absolute Gasteiger partial charge is 0.407 e. The van der Waals surface area contributed by atoms with E-state index in [0.717, 1.165) is 33.5 Å². The largest absolute Gasteiger partial charge is 0.487 e. The molecule has 0 bridgehead atoms. The van der Waals surface area contributed by atoms with Gasteiger partial charge in [0, 0.05) is 18.5 Å². The van der Waals surface area contributed by atoms with Crippen LogP contribution in [0.5, 0.6) is 5.75 Å². The summed E-state index contributed by atoms with van der Waals surface area (Å²) in [7, 11) is 0. The maximum atomic E-state index is 13.1. The molecule has 1 aliphatic rings. The molecule has 0 aliphatic heterocycles. The Bertz CT molecular complexity index is 1450. The van der Waals surface area contributed by atoms with Gasteiger partial charge in [0.05, 0.1) is 5.69 Å². The number of hydrogen-bond donors (Lipinski definition) is 1. The van der Waals surface area contributed by atoms with Crippen LogP contribution in [0.25, 0.3) is 11.1 Å². The summed E-state index contributed by atoms with van der Waals surface area (Å²) in [5.41, 5.74) is 5.50. The number of aromatic nitrogens is 1. The van der Waals surface area contributed by atoms with Crippen LogP contribution >= 0.6 is 0 Å². The van der Waals surface area contributed by atoms with Crippen LogP contribution in [0.1, 0.15) is 49.1 Å². The minimum absolute atomic E-state index is 0.0771. The maximum absolute atomic E-state index is 13.1. The van der Waals surface area contributed by atoms with E-state index in [1.54, 1.807) is 27.0 Å². The van der Waals surface area contributed by atoms with Crippen LogP contribution in [0, 0.1) is 0 Å². The number of benzene rings is 3. The average molecular weight is 551 g/mol. The Morgan fingerprint density at radius 3 is 2.10 bits per heavy atom. The molecule has 210 valence electrons. The standard InChI is InChI=1S/C34H34N2O5/c1-34(2,3)41-32(37)31(20-23-15-17-25(18-16-23)39-21-24-10-8-9-19-35-24)36-33(38)40-22-30-28-13-6-4-11-26(28)27-12-5-7-14-29(27)30/h4-19,30-31H,20-22H2,1-3H3,(H,36,38)/t31-/m0/s1. The second-order valence-corrected chi connectivity index (χ2v) is 11.0. The van der Waals surface area contributed by atoms with Crippen molar-refractivity contribution in [1.82, 2.24) is 10.3 Å². The molecule has 7 heteroatoms. The molecule has 41 heavy (non-hydrogen) atoms. The van der Waals surface area contributed by atoms with Gasteiger partial charge in [-0.2, -0.15) is 0 Å². The van der Waals surface area contributed by atoms with Crippen molar-refractivity contribution < 1.29 is 23.8 Å². The van der Waals surface area contributed by atoms with Gasteiger partial charge in [-0.05, 0) is 72.9 Å². The minimum atomic E-state index is -0.926. The van der Waals surface area contributed by atoms with Crippen molar-refractivity contribution in [3.05, 3.63) is 120 Å². The van der Waals surface area contributed by atoms with Gasteiger partial charge in [0.25, 0.3) is 0 Å². The van der Waals surface area contributed by atoms with Crippen LogP contribution in [-0.2, 0) is 27.3 Å². The fourth-order valence-corrected chi connectivity index (χ4v) is 4.95. The van der Waals surface area contributed by atoms with Gasteiger partial charge < -0.3 is 19.5 Å². The third-order valence-electron chi connectivity index (χ3n) is 6.80. The van der Waals surface area contributed by atoms with Crippen molar-refractivity contribution in [3.8, 4) is 16.9 Å². The number of amides is 1. The quantitative estimate of drug-likeness (QED) is 0.241. The first-order chi connectivity index (χ1) is 19.8. The SMILES string of the molecule is CC(C)(C)OC(=O)[C@H](Cc1ccc(OCc2ccccn2)cc1)NC(=O)OCC1c2ccccc2-c2ccccc21. The van der Waals surface area contributed by atoms with Gasteiger partial charge in [-0.25, -0.2) is 9.59 Å². The van der Waals surface area contributed by atoms with Crippen LogP contribution < -0.4 is 10.1 Å². The number of ether oxygens (including phenoxy) is 3. The number of hydrogen-bond acceptors (Lipinski definition) is 6. The summed E-state index contributed by atoms with van der Waals surface area (Å²) < 4.78 is 17.1. The number of nitrogens with zero attached hydrogens (tertiary/aromatic N) is 1. The molecule has 1 atom stereocenters. The van der Waals surface area contributed by atoms with Crippen molar-refractivity contribution in [1.29, 1.82) is 0 Å². The third-order valence-corrected chi connectivity index (χ3v) is 6.80. The molecule has 1 amide bonds. The Morgan fingerprint density at radius 1 is 0.854 bits per heavy atom. The highest BCUT2D eigenvalue weighted by Crippen LogP contribution is 2.44. The monoisotopic (exact) mass is 550 g/mol. The van der Waals surface area contributed by atoms with E-state index in [4.69, 9.17) is 14.2 Å². The van der Waals surface area contributed by atoms with Crippen LogP contribution in [0.15, 0.2) is 97.2 Å². The number of fused-ring (bicyclic) bond motifs is 3. The zero-order chi connectivity index (χ0) is 28.8. The molecule has 1 N–H and O–H groups in total. The number of nitrogens with one attached hydrogen (secondary N) is 1. The average Bonchev–Trinajstić information content (AvgIpc) is 3.28. The number of rotatable bonds is 9. The van der Waals surface area contributed by atoms with Crippen LogP contribution in [-0.4, -0.2) is 35.3 Å². The van der Waals surface area contributed by atoms with Crippen molar-refractivity contribution in [2.24, 2.45) is 0 Å². The van der Waals surface area contributed by atoms with E-state index in [9.17, 15) is 9.59 Å². The first kappa shape index (κ1) is 27.9. The van der Waals surface area contributed by atoms with Crippen LogP contribution in [0.3, 0.4) is 0 Å². The summed E-state index contributed by atoms with van der Waals surface area (Å²) >= 11 is 0. The summed E-state index contributed by atoms with van der Waals surface area (Å²) in [5, 5.41) is 2.75. The van der Waals surface area contributed by atoms with Crippen molar-refractivity contribution >= 4 is 12.1 Å². The Kier molecular flexibility index (Phi) is 8.34.